The topological polar surface area (TPSA) is 69.1 Å². The molecule has 4 heteroatoms. The van der Waals surface area contributed by atoms with Crippen molar-refractivity contribution in [3.8, 4) is 11.5 Å². The summed E-state index contributed by atoms with van der Waals surface area (Å²) < 4.78 is 0. The normalized spacial score (nSPS) is 10.4. The third-order valence-corrected chi connectivity index (χ3v) is 3.59. The van der Waals surface area contributed by atoms with Gasteiger partial charge in [0.25, 0.3) is 0 Å². The molecule has 0 spiro atoms. The lowest BCUT2D eigenvalue weighted by molar-refractivity contribution is 0.475. The molecule has 0 bridgehead atoms. The van der Waals surface area contributed by atoms with Gasteiger partial charge in [0.2, 0.25) is 0 Å². The molecular formula is C18H16N2O2. The summed E-state index contributed by atoms with van der Waals surface area (Å²) in [5, 5.41) is 19.0. The molecule has 4 nitrogen and oxygen atoms in total. The molecule has 3 aromatic rings. The molecule has 0 unspecified atom stereocenters. The molecule has 3 N–H and O–H groups in total. The van der Waals surface area contributed by atoms with Gasteiger partial charge in [0.1, 0.15) is 11.5 Å². The average molecular weight is 292 g/mol. The zero-order chi connectivity index (χ0) is 15.5. The summed E-state index contributed by atoms with van der Waals surface area (Å²) in [7, 11) is 0. The van der Waals surface area contributed by atoms with Gasteiger partial charge in [-0.25, -0.2) is 4.98 Å². The van der Waals surface area contributed by atoms with Crippen LogP contribution in [0.3, 0.4) is 0 Å². The Hall–Kier alpha value is -3.01. The Morgan fingerprint density at radius 1 is 0.864 bits per heavy atom. The van der Waals surface area contributed by atoms with Crippen LogP contribution in [0.1, 0.15) is 23.7 Å². The Balaban J connectivity index is 2.20. The molecule has 0 aliphatic heterocycles. The number of phenolic OH excluding ortho intramolecular Hbond substituents is 2. The van der Waals surface area contributed by atoms with Crippen molar-refractivity contribution in [2.24, 2.45) is 0 Å². The van der Waals surface area contributed by atoms with Crippen LogP contribution in [0.2, 0.25) is 0 Å². The van der Waals surface area contributed by atoms with Gasteiger partial charge < -0.3 is 15.2 Å². The maximum Gasteiger partial charge on any atom is 0.115 e. The molecule has 0 aliphatic carbocycles. The van der Waals surface area contributed by atoms with Crippen molar-refractivity contribution < 1.29 is 10.2 Å². The molecule has 110 valence electrons. The van der Waals surface area contributed by atoms with Gasteiger partial charge in [0.05, 0.1) is 18.2 Å². The maximum atomic E-state index is 9.50. The smallest absolute Gasteiger partial charge is 0.115 e. The zero-order valence-corrected chi connectivity index (χ0v) is 12.1. The van der Waals surface area contributed by atoms with Crippen LogP contribution in [0.25, 0.3) is 11.1 Å². The van der Waals surface area contributed by atoms with Gasteiger partial charge >= 0.3 is 0 Å². The molecule has 0 saturated heterocycles. The molecule has 2 aromatic carbocycles. The van der Waals surface area contributed by atoms with Crippen molar-refractivity contribution in [3.63, 3.8) is 0 Å². The minimum atomic E-state index is 0.230. The molecule has 0 saturated carbocycles. The number of H-pyrrole nitrogens is 1. The Labute approximate surface area is 128 Å². The fraction of sp³-hybridized carbons (Fsp3) is 0.0556. The van der Waals surface area contributed by atoms with E-state index in [9.17, 15) is 10.2 Å². The first kappa shape index (κ1) is 13.9. The summed E-state index contributed by atoms with van der Waals surface area (Å²) in [6.07, 6.45) is 3.42. The van der Waals surface area contributed by atoms with E-state index >= 15 is 0 Å². The minimum Gasteiger partial charge on any atom is -0.508 e. The van der Waals surface area contributed by atoms with E-state index in [1.54, 1.807) is 36.8 Å². The highest BCUT2D eigenvalue weighted by Crippen LogP contribution is 2.32. The summed E-state index contributed by atoms with van der Waals surface area (Å²) in [4.78, 5) is 7.18. The van der Waals surface area contributed by atoms with E-state index in [0.29, 0.717) is 0 Å². The van der Waals surface area contributed by atoms with E-state index in [1.165, 1.54) is 0 Å². The molecule has 0 aliphatic rings. The molecular weight excluding hydrogens is 276 g/mol. The van der Waals surface area contributed by atoms with E-state index in [4.69, 9.17) is 0 Å². The van der Waals surface area contributed by atoms with Crippen molar-refractivity contribution in [3.05, 3.63) is 77.9 Å². The summed E-state index contributed by atoms with van der Waals surface area (Å²) in [6.45, 7) is 2.02. The number of imidazole rings is 1. The SMILES string of the molecule is CC(=C(c1ccc(O)cc1)c1ccc(O)cc1)c1cnc[nH]1. The Morgan fingerprint density at radius 3 is 1.77 bits per heavy atom. The Bertz CT molecular complexity index is 739. The molecule has 22 heavy (non-hydrogen) atoms. The number of nitrogens with zero attached hydrogens (tertiary/aromatic N) is 1. The predicted octanol–water partition coefficient (Wildman–Crippen LogP) is 3.80. The van der Waals surface area contributed by atoms with Gasteiger partial charge in [0, 0.05) is 0 Å². The fourth-order valence-corrected chi connectivity index (χ4v) is 2.45. The number of hydrogen-bond acceptors (Lipinski definition) is 3. The van der Waals surface area contributed by atoms with Gasteiger partial charge in [-0.3, -0.25) is 0 Å². The second kappa shape index (κ2) is 5.77. The quantitative estimate of drug-likeness (QED) is 0.687. The number of benzene rings is 2. The molecule has 0 radical (unpaired) electrons. The Kier molecular flexibility index (Phi) is 3.66. The van der Waals surface area contributed by atoms with Crippen molar-refractivity contribution in [1.82, 2.24) is 9.97 Å². The number of aromatic hydroxyl groups is 2. The third kappa shape index (κ3) is 2.72. The van der Waals surface area contributed by atoms with Crippen molar-refractivity contribution in [2.75, 3.05) is 0 Å². The maximum absolute atomic E-state index is 9.50. The highest BCUT2D eigenvalue weighted by molar-refractivity contribution is 5.97. The van der Waals surface area contributed by atoms with E-state index in [0.717, 1.165) is 28.0 Å². The standard InChI is InChI=1S/C18H16N2O2/c1-12(17-10-19-11-20-17)18(13-2-6-15(21)7-3-13)14-4-8-16(22)9-5-14/h2-11,21-22H,1H3,(H,19,20). The molecule has 0 atom stereocenters. The lowest BCUT2D eigenvalue weighted by atomic mass is 9.92. The number of phenols is 2. The van der Waals surface area contributed by atoms with Gasteiger partial charge in [-0.2, -0.15) is 0 Å². The zero-order valence-electron chi connectivity index (χ0n) is 12.1. The largest absolute Gasteiger partial charge is 0.508 e. The van der Waals surface area contributed by atoms with E-state index in [1.807, 2.05) is 31.2 Å². The number of aromatic nitrogens is 2. The molecule has 1 aromatic heterocycles. The van der Waals surface area contributed by atoms with Gasteiger partial charge in [0.15, 0.2) is 0 Å². The number of allylic oxidation sites excluding steroid dienone is 1. The highest BCUT2D eigenvalue weighted by Gasteiger charge is 2.11. The van der Waals surface area contributed by atoms with Crippen LogP contribution in [-0.2, 0) is 0 Å². The first-order valence-electron chi connectivity index (χ1n) is 6.93. The summed E-state index contributed by atoms with van der Waals surface area (Å²) in [6, 6.07) is 14.1. The second-order valence-corrected chi connectivity index (χ2v) is 5.06. The molecule has 0 amide bonds. The fourth-order valence-electron chi connectivity index (χ4n) is 2.45. The van der Waals surface area contributed by atoms with Crippen LogP contribution in [-0.4, -0.2) is 20.2 Å². The highest BCUT2D eigenvalue weighted by atomic mass is 16.3. The summed E-state index contributed by atoms with van der Waals surface area (Å²) >= 11 is 0. The van der Waals surface area contributed by atoms with Crippen molar-refractivity contribution in [1.29, 1.82) is 0 Å². The summed E-state index contributed by atoms with van der Waals surface area (Å²) in [5.41, 5.74) is 4.94. The Morgan fingerprint density at radius 2 is 1.36 bits per heavy atom. The molecule has 1 heterocycles. The van der Waals surface area contributed by atoms with Crippen LogP contribution in [0, 0.1) is 0 Å². The van der Waals surface area contributed by atoms with Gasteiger partial charge in [-0.15, -0.1) is 0 Å². The number of hydrogen-bond donors (Lipinski definition) is 3. The van der Waals surface area contributed by atoms with Crippen molar-refractivity contribution in [2.45, 2.75) is 6.92 Å². The molecule has 0 fully saturated rings. The van der Waals surface area contributed by atoms with E-state index in [-0.39, 0.29) is 11.5 Å². The first-order valence-corrected chi connectivity index (χ1v) is 6.93. The average Bonchev–Trinajstić information content (AvgIpc) is 3.05. The van der Waals surface area contributed by atoms with Crippen LogP contribution >= 0.6 is 0 Å². The van der Waals surface area contributed by atoms with Crippen molar-refractivity contribution >= 4 is 11.1 Å². The van der Waals surface area contributed by atoms with Crippen LogP contribution in [0.15, 0.2) is 61.1 Å². The minimum absolute atomic E-state index is 0.230. The molecule has 3 rings (SSSR count). The lowest BCUT2D eigenvalue weighted by Gasteiger charge is -2.13. The van der Waals surface area contributed by atoms with Crippen LogP contribution in [0.4, 0.5) is 0 Å². The monoisotopic (exact) mass is 292 g/mol. The predicted molar refractivity (Wildman–Crippen MR) is 86.4 cm³/mol. The van der Waals surface area contributed by atoms with Crippen LogP contribution in [0.5, 0.6) is 11.5 Å². The third-order valence-electron chi connectivity index (χ3n) is 3.59. The number of rotatable bonds is 3. The number of aromatic amines is 1. The summed E-state index contributed by atoms with van der Waals surface area (Å²) in [5.74, 6) is 0.459. The van der Waals surface area contributed by atoms with Crippen LogP contribution < -0.4 is 0 Å². The van der Waals surface area contributed by atoms with Gasteiger partial charge in [-0.05, 0) is 53.5 Å². The van der Waals surface area contributed by atoms with E-state index in [2.05, 4.69) is 9.97 Å². The second-order valence-electron chi connectivity index (χ2n) is 5.06. The van der Waals surface area contributed by atoms with Gasteiger partial charge in [-0.1, -0.05) is 24.3 Å². The lowest BCUT2D eigenvalue weighted by Crippen LogP contribution is -1.93. The first-order chi connectivity index (χ1) is 10.6. The van der Waals surface area contributed by atoms with E-state index < -0.39 is 0 Å². The number of nitrogens with one attached hydrogen (secondary N) is 1.